The number of hydrogen-bond acceptors (Lipinski definition) is 2. The molecule has 0 fully saturated rings. The number of rotatable bonds is 10. The van der Waals surface area contributed by atoms with Crippen LogP contribution in [0.5, 0.6) is 0 Å². The molecular weight excluding hydrogens is 258 g/mol. The van der Waals surface area contributed by atoms with Crippen LogP contribution in [0.15, 0.2) is 53.1 Å². The summed E-state index contributed by atoms with van der Waals surface area (Å²) in [5.74, 6) is 0.993. The lowest BCUT2D eigenvalue weighted by molar-refractivity contribution is 0.440. The average molecular weight is 285 g/mol. The van der Waals surface area contributed by atoms with Gasteiger partial charge in [0, 0.05) is 0 Å². The lowest BCUT2D eigenvalue weighted by Gasteiger charge is -2.17. The Labute approximate surface area is 128 Å². The number of hydrogen-bond donors (Lipinski definition) is 1. The molecule has 0 spiro atoms. The van der Waals surface area contributed by atoms with Crippen molar-refractivity contribution >= 4 is 0 Å². The SMILES string of the molecule is CCCCCCCCNC(c1ccccc1)c1ccco1. The highest BCUT2D eigenvalue weighted by Crippen LogP contribution is 2.22. The Balaban J connectivity index is 1.81. The van der Waals surface area contributed by atoms with Crippen LogP contribution in [0.25, 0.3) is 0 Å². The van der Waals surface area contributed by atoms with Gasteiger partial charge in [-0.3, -0.25) is 0 Å². The van der Waals surface area contributed by atoms with Gasteiger partial charge in [0.15, 0.2) is 0 Å². The second-order valence-corrected chi connectivity index (χ2v) is 5.58. The summed E-state index contributed by atoms with van der Waals surface area (Å²) >= 11 is 0. The molecule has 2 heteroatoms. The predicted molar refractivity (Wildman–Crippen MR) is 88.4 cm³/mol. The fourth-order valence-corrected chi connectivity index (χ4v) is 2.64. The minimum Gasteiger partial charge on any atom is -0.467 e. The number of nitrogens with one attached hydrogen (secondary N) is 1. The maximum atomic E-state index is 5.60. The van der Waals surface area contributed by atoms with Gasteiger partial charge in [0.05, 0.1) is 12.3 Å². The van der Waals surface area contributed by atoms with Gasteiger partial charge in [0.1, 0.15) is 5.76 Å². The molecule has 2 rings (SSSR count). The van der Waals surface area contributed by atoms with E-state index in [0.29, 0.717) is 0 Å². The third-order valence-electron chi connectivity index (χ3n) is 3.84. The van der Waals surface area contributed by atoms with E-state index in [9.17, 15) is 0 Å². The summed E-state index contributed by atoms with van der Waals surface area (Å²) < 4.78 is 5.60. The van der Waals surface area contributed by atoms with E-state index < -0.39 is 0 Å². The fourth-order valence-electron chi connectivity index (χ4n) is 2.64. The molecule has 21 heavy (non-hydrogen) atoms. The Hall–Kier alpha value is -1.54. The third-order valence-corrected chi connectivity index (χ3v) is 3.84. The molecule has 2 aromatic rings. The summed E-state index contributed by atoms with van der Waals surface area (Å²) in [6.07, 6.45) is 9.69. The monoisotopic (exact) mass is 285 g/mol. The standard InChI is InChI=1S/C19H27NO/c1-2-3-4-5-6-10-15-20-19(18-14-11-16-21-18)17-12-8-7-9-13-17/h7-9,11-14,16,19-20H,2-6,10,15H2,1H3. The van der Waals surface area contributed by atoms with Crippen LogP contribution in [0.4, 0.5) is 0 Å². The summed E-state index contributed by atoms with van der Waals surface area (Å²) in [7, 11) is 0. The Bertz CT molecular complexity index is 464. The Kier molecular flexibility index (Phi) is 7.10. The zero-order valence-electron chi connectivity index (χ0n) is 13.1. The van der Waals surface area contributed by atoms with E-state index in [1.807, 2.05) is 12.1 Å². The molecule has 1 unspecified atom stereocenters. The smallest absolute Gasteiger partial charge is 0.125 e. The largest absolute Gasteiger partial charge is 0.467 e. The van der Waals surface area contributed by atoms with Crippen LogP contribution in [0.2, 0.25) is 0 Å². The van der Waals surface area contributed by atoms with E-state index in [4.69, 9.17) is 4.42 Å². The van der Waals surface area contributed by atoms with Gasteiger partial charge in [-0.05, 0) is 30.7 Å². The molecule has 114 valence electrons. The van der Waals surface area contributed by atoms with Crippen molar-refractivity contribution in [2.45, 2.75) is 51.5 Å². The molecule has 2 nitrogen and oxygen atoms in total. The van der Waals surface area contributed by atoms with E-state index in [2.05, 4.69) is 42.6 Å². The number of unbranched alkanes of at least 4 members (excludes halogenated alkanes) is 5. The van der Waals surface area contributed by atoms with Gasteiger partial charge in [-0.15, -0.1) is 0 Å². The highest BCUT2D eigenvalue weighted by Gasteiger charge is 2.15. The molecule has 1 aromatic carbocycles. The van der Waals surface area contributed by atoms with Crippen LogP contribution in [-0.2, 0) is 0 Å². The van der Waals surface area contributed by atoms with Crippen LogP contribution in [0, 0.1) is 0 Å². The first-order chi connectivity index (χ1) is 10.4. The highest BCUT2D eigenvalue weighted by atomic mass is 16.3. The molecule has 1 atom stereocenters. The summed E-state index contributed by atoms with van der Waals surface area (Å²) in [6, 6.07) is 14.7. The Morgan fingerprint density at radius 3 is 2.38 bits per heavy atom. The summed E-state index contributed by atoms with van der Waals surface area (Å²) in [5.41, 5.74) is 1.26. The summed E-state index contributed by atoms with van der Waals surface area (Å²) in [5, 5.41) is 3.64. The molecule has 0 aliphatic heterocycles. The number of furan rings is 1. The molecule has 0 aliphatic rings. The fraction of sp³-hybridized carbons (Fsp3) is 0.474. The van der Waals surface area contributed by atoms with Crippen molar-refractivity contribution < 1.29 is 4.42 Å². The van der Waals surface area contributed by atoms with Gasteiger partial charge in [-0.2, -0.15) is 0 Å². The lowest BCUT2D eigenvalue weighted by Crippen LogP contribution is -2.23. The topological polar surface area (TPSA) is 25.2 Å². The Morgan fingerprint density at radius 1 is 0.905 bits per heavy atom. The third kappa shape index (κ3) is 5.39. The molecule has 0 bridgehead atoms. The van der Waals surface area contributed by atoms with Gasteiger partial charge in [0.25, 0.3) is 0 Å². The normalized spacial score (nSPS) is 12.4. The molecule has 0 amide bonds. The lowest BCUT2D eigenvalue weighted by atomic mass is 10.0. The molecule has 0 saturated carbocycles. The van der Waals surface area contributed by atoms with Crippen molar-refractivity contribution in [1.29, 1.82) is 0 Å². The van der Waals surface area contributed by atoms with Crippen molar-refractivity contribution in [3.63, 3.8) is 0 Å². The van der Waals surface area contributed by atoms with Crippen LogP contribution in [0.1, 0.15) is 62.8 Å². The van der Waals surface area contributed by atoms with Gasteiger partial charge in [0.2, 0.25) is 0 Å². The van der Waals surface area contributed by atoms with E-state index >= 15 is 0 Å². The second kappa shape index (κ2) is 9.41. The molecule has 1 aromatic heterocycles. The van der Waals surface area contributed by atoms with Crippen molar-refractivity contribution in [3.8, 4) is 0 Å². The molecule has 0 radical (unpaired) electrons. The zero-order valence-corrected chi connectivity index (χ0v) is 13.1. The van der Waals surface area contributed by atoms with Gasteiger partial charge < -0.3 is 9.73 Å². The summed E-state index contributed by atoms with van der Waals surface area (Å²) in [6.45, 7) is 3.29. The first kappa shape index (κ1) is 15.8. The first-order valence-electron chi connectivity index (χ1n) is 8.23. The highest BCUT2D eigenvalue weighted by molar-refractivity contribution is 5.26. The maximum Gasteiger partial charge on any atom is 0.125 e. The van der Waals surface area contributed by atoms with Crippen molar-refractivity contribution in [2.75, 3.05) is 6.54 Å². The minimum atomic E-state index is 0.164. The Morgan fingerprint density at radius 2 is 1.67 bits per heavy atom. The van der Waals surface area contributed by atoms with Gasteiger partial charge in [-0.25, -0.2) is 0 Å². The second-order valence-electron chi connectivity index (χ2n) is 5.58. The molecule has 1 heterocycles. The molecular formula is C19H27NO. The van der Waals surface area contributed by atoms with Gasteiger partial charge in [-0.1, -0.05) is 69.4 Å². The quantitative estimate of drug-likeness (QED) is 0.598. The molecule has 0 saturated heterocycles. The van der Waals surface area contributed by atoms with Crippen molar-refractivity contribution in [2.24, 2.45) is 0 Å². The van der Waals surface area contributed by atoms with Crippen LogP contribution in [-0.4, -0.2) is 6.54 Å². The van der Waals surface area contributed by atoms with E-state index in [0.717, 1.165) is 12.3 Å². The minimum absolute atomic E-state index is 0.164. The van der Waals surface area contributed by atoms with Crippen molar-refractivity contribution in [1.82, 2.24) is 5.32 Å². The molecule has 1 N–H and O–H groups in total. The van der Waals surface area contributed by atoms with E-state index in [1.54, 1.807) is 6.26 Å². The van der Waals surface area contributed by atoms with Gasteiger partial charge >= 0.3 is 0 Å². The van der Waals surface area contributed by atoms with E-state index in [1.165, 1.54) is 44.1 Å². The average Bonchev–Trinajstić information content (AvgIpc) is 3.05. The van der Waals surface area contributed by atoms with E-state index in [-0.39, 0.29) is 6.04 Å². The number of benzene rings is 1. The predicted octanol–water partition coefficient (Wildman–Crippen LogP) is 5.32. The summed E-state index contributed by atoms with van der Waals surface area (Å²) in [4.78, 5) is 0. The van der Waals surface area contributed by atoms with Crippen LogP contribution >= 0.6 is 0 Å². The van der Waals surface area contributed by atoms with Crippen LogP contribution in [0.3, 0.4) is 0 Å². The first-order valence-corrected chi connectivity index (χ1v) is 8.23. The zero-order chi connectivity index (χ0) is 14.8. The maximum absolute atomic E-state index is 5.60. The van der Waals surface area contributed by atoms with Crippen LogP contribution < -0.4 is 5.32 Å². The van der Waals surface area contributed by atoms with Crippen molar-refractivity contribution in [3.05, 3.63) is 60.1 Å². The molecule has 0 aliphatic carbocycles.